The highest BCUT2D eigenvalue weighted by Gasteiger charge is 2.43. The van der Waals surface area contributed by atoms with Gasteiger partial charge in [-0.25, -0.2) is 13.2 Å². The molecule has 0 bridgehead atoms. The van der Waals surface area contributed by atoms with Gasteiger partial charge < -0.3 is 13.9 Å². The number of hydrogen-bond donors (Lipinski definition) is 0. The largest absolute Gasteiger partial charge is 0.449 e. The Labute approximate surface area is 162 Å². The molecule has 0 unspecified atom stereocenters. The first kappa shape index (κ1) is 18.2. The molecule has 0 N–H and O–H groups in total. The predicted molar refractivity (Wildman–Crippen MR) is 102 cm³/mol. The van der Waals surface area contributed by atoms with Crippen LogP contribution in [0.4, 0.5) is 0 Å². The van der Waals surface area contributed by atoms with Gasteiger partial charge in [-0.15, -0.1) is 0 Å². The highest BCUT2D eigenvalue weighted by Crippen LogP contribution is 2.40. The molecule has 3 aromatic rings. The molecule has 0 fully saturated rings. The molecule has 0 atom stereocenters. The van der Waals surface area contributed by atoms with E-state index in [1.54, 1.807) is 36.6 Å². The second kappa shape index (κ2) is 6.20. The Morgan fingerprint density at radius 3 is 2.46 bits per heavy atom. The molecule has 0 aliphatic carbocycles. The minimum Gasteiger partial charge on any atom is -0.449 e. The molecule has 1 aliphatic rings. The molecule has 7 nitrogen and oxygen atoms in total. The molecule has 3 heterocycles. The summed E-state index contributed by atoms with van der Waals surface area (Å²) in [6.07, 6.45) is 4.64. The molecule has 144 valence electrons. The van der Waals surface area contributed by atoms with Crippen LogP contribution in [0.5, 0.6) is 5.88 Å². The third-order valence-electron chi connectivity index (χ3n) is 4.48. The molecule has 0 saturated carbocycles. The summed E-state index contributed by atoms with van der Waals surface area (Å²) in [5, 5.41) is 0. The summed E-state index contributed by atoms with van der Waals surface area (Å²) in [4.78, 5) is 17.0. The quantitative estimate of drug-likeness (QED) is 0.628. The molecule has 2 aromatic heterocycles. The van der Waals surface area contributed by atoms with Gasteiger partial charge >= 0.3 is 5.97 Å². The number of ether oxygens (including phenoxy) is 2. The Morgan fingerprint density at radius 1 is 1.11 bits per heavy atom. The van der Waals surface area contributed by atoms with E-state index >= 15 is 0 Å². The van der Waals surface area contributed by atoms with E-state index in [1.165, 1.54) is 12.1 Å². The van der Waals surface area contributed by atoms with E-state index in [0.717, 1.165) is 6.26 Å². The number of esters is 1. The molecule has 1 aliphatic heterocycles. The predicted octanol–water partition coefficient (Wildman–Crippen LogP) is 2.86. The lowest BCUT2D eigenvalue weighted by Gasteiger charge is -2.21. The van der Waals surface area contributed by atoms with E-state index in [-0.39, 0.29) is 16.5 Å². The summed E-state index contributed by atoms with van der Waals surface area (Å²) in [5.74, 6) is -0.286. The molecule has 0 radical (unpaired) electrons. The molecule has 0 saturated heterocycles. The number of pyridine rings is 1. The Hall–Kier alpha value is -3.13. The lowest BCUT2D eigenvalue weighted by Crippen LogP contribution is -2.22. The third-order valence-corrected chi connectivity index (χ3v) is 5.61. The topological polar surface area (TPSA) is 87.0 Å². The number of imidazole rings is 1. The van der Waals surface area contributed by atoms with Crippen LogP contribution in [0.3, 0.4) is 0 Å². The van der Waals surface area contributed by atoms with Gasteiger partial charge in [0.15, 0.2) is 9.84 Å². The number of aromatic nitrogens is 2. The van der Waals surface area contributed by atoms with Crippen LogP contribution in [0.25, 0.3) is 11.2 Å². The fraction of sp³-hybridized carbons (Fsp3) is 0.200. The van der Waals surface area contributed by atoms with E-state index in [0.29, 0.717) is 16.8 Å². The smallest absolute Gasteiger partial charge is 0.375 e. The van der Waals surface area contributed by atoms with Gasteiger partial charge in [-0.3, -0.25) is 0 Å². The summed E-state index contributed by atoms with van der Waals surface area (Å²) in [6.45, 7) is 3.51. The van der Waals surface area contributed by atoms with E-state index in [2.05, 4.69) is 4.98 Å². The number of benzene rings is 1. The van der Waals surface area contributed by atoms with Gasteiger partial charge in [-0.05, 0) is 43.7 Å². The number of nitrogens with zero attached hydrogens (tertiary/aromatic N) is 2. The van der Waals surface area contributed by atoms with Crippen LogP contribution in [0, 0.1) is 0 Å². The van der Waals surface area contributed by atoms with Crippen molar-refractivity contribution in [1.82, 2.24) is 9.38 Å². The molecule has 28 heavy (non-hydrogen) atoms. The second-order valence-electron chi connectivity index (χ2n) is 7.05. The second-order valence-corrected chi connectivity index (χ2v) is 9.06. The van der Waals surface area contributed by atoms with Crippen LogP contribution in [0.2, 0.25) is 0 Å². The average molecular weight is 398 g/mol. The van der Waals surface area contributed by atoms with Crippen LogP contribution in [-0.2, 0) is 19.4 Å². The van der Waals surface area contributed by atoms with Gasteiger partial charge in [0.1, 0.15) is 11.2 Å². The van der Waals surface area contributed by atoms with Crippen molar-refractivity contribution in [2.75, 3.05) is 6.26 Å². The van der Waals surface area contributed by atoms with E-state index < -0.39 is 21.4 Å². The van der Waals surface area contributed by atoms with Crippen LogP contribution >= 0.6 is 0 Å². The zero-order chi connectivity index (χ0) is 20.1. The maximum absolute atomic E-state index is 12.5. The summed E-state index contributed by atoms with van der Waals surface area (Å²) >= 11 is 0. The van der Waals surface area contributed by atoms with Gasteiger partial charge in [-0.1, -0.05) is 18.2 Å². The van der Waals surface area contributed by atoms with E-state index in [9.17, 15) is 13.2 Å². The molecule has 4 rings (SSSR count). The van der Waals surface area contributed by atoms with Gasteiger partial charge in [0, 0.05) is 12.5 Å². The third kappa shape index (κ3) is 3.16. The molecular weight excluding hydrogens is 380 g/mol. The Morgan fingerprint density at radius 2 is 1.82 bits per heavy atom. The van der Waals surface area contributed by atoms with Crippen molar-refractivity contribution in [1.29, 1.82) is 0 Å². The normalized spacial score (nSPS) is 16.5. The van der Waals surface area contributed by atoms with E-state index in [1.807, 2.05) is 24.4 Å². The molecule has 0 spiro atoms. The van der Waals surface area contributed by atoms with Crippen LogP contribution < -0.4 is 4.74 Å². The maximum Gasteiger partial charge on any atom is 0.375 e. The molecule has 8 heteroatoms. The molecule has 0 amide bonds. The van der Waals surface area contributed by atoms with Crippen molar-refractivity contribution in [3.05, 3.63) is 66.2 Å². The van der Waals surface area contributed by atoms with Crippen LogP contribution in [0.15, 0.2) is 65.5 Å². The number of fused-ring (bicyclic) bond motifs is 1. The molecular formula is C20H18N2O5S. The highest BCUT2D eigenvalue weighted by molar-refractivity contribution is 7.90. The number of carbonyl (C=O) groups excluding carboxylic acids is 1. The van der Waals surface area contributed by atoms with Crippen molar-refractivity contribution >= 4 is 27.0 Å². The van der Waals surface area contributed by atoms with Crippen LogP contribution in [0.1, 0.15) is 19.4 Å². The van der Waals surface area contributed by atoms with Gasteiger partial charge in [-0.2, -0.15) is 4.98 Å². The van der Waals surface area contributed by atoms with Crippen molar-refractivity contribution in [3.63, 3.8) is 0 Å². The highest BCUT2D eigenvalue weighted by atomic mass is 32.2. The summed E-state index contributed by atoms with van der Waals surface area (Å²) in [7, 11) is -3.32. The summed E-state index contributed by atoms with van der Waals surface area (Å²) in [6, 6.07) is 11.8. The first-order valence-electron chi connectivity index (χ1n) is 8.55. The number of sulfone groups is 1. The standard InChI is InChI=1S/C20H18N2O5S/c1-20(2)17(13-7-9-14(10-8-13)28(3,24)25)18(19(23)27-20)26-16-12-22-11-5-4-6-15(22)21-16/h4-12H,1-3H3. The monoisotopic (exact) mass is 398 g/mol. The lowest BCUT2D eigenvalue weighted by molar-refractivity contribution is -0.145. The fourth-order valence-electron chi connectivity index (χ4n) is 3.21. The molecule has 1 aromatic carbocycles. The first-order chi connectivity index (χ1) is 13.1. The minimum atomic E-state index is -3.32. The Bertz CT molecular complexity index is 1190. The number of cyclic esters (lactones) is 1. The maximum atomic E-state index is 12.5. The van der Waals surface area contributed by atoms with E-state index in [4.69, 9.17) is 9.47 Å². The van der Waals surface area contributed by atoms with Crippen LogP contribution in [-0.4, -0.2) is 35.6 Å². The number of hydrogen-bond acceptors (Lipinski definition) is 6. The van der Waals surface area contributed by atoms with Crippen molar-refractivity contribution in [2.45, 2.75) is 24.3 Å². The van der Waals surface area contributed by atoms with Crippen molar-refractivity contribution in [3.8, 4) is 5.88 Å². The zero-order valence-corrected chi connectivity index (χ0v) is 16.4. The summed E-state index contributed by atoms with van der Waals surface area (Å²) in [5.41, 5.74) is 0.928. The van der Waals surface area contributed by atoms with Crippen molar-refractivity contribution in [2.24, 2.45) is 0 Å². The van der Waals surface area contributed by atoms with Gasteiger partial charge in [0.25, 0.3) is 0 Å². The number of rotatable bonds is 4. The van der Waals surface area contributed by atoms with Crippen molar-refractivity contribution < 1.29 is 22.7 Å². The Balaban J connectivity index is 1.79. The SMILES string of the molecule is CC1(C)OC(=O)C(Oc2cn3ccccc3n2)=C1c1ccc(S(C)(=O)=O)cc1. The fourth-order valence-corrected chi connectivity index (χ4v) is 3.84. The minimum absolute atomic E-state index is 0.0421. The first-order valence-corrected chi connectivity index (χ1v) is 10.4. The lowest BCUT2D eigenvalue weighted by atomic mass is 9.92. The van der Waals surface area contributed by atoms with Gasteiger partial charge in [0.05, 0.1) is 16.7 Å². The zero-order valence-electron chi connectivity index (χ0n) is 15.5. The average Bonchev–Trinajstić information content (AvgIpc) is 3.11. The summed E-state index contributed by atoms with van der Waals surface area (Å²) < 4.78 is 36.5. The Kier molecular flexibility index (Phi) is 4.04. The van der Waals surface area contributed by atoms with Gasteiger partial charge in [0.2, 0.25) is 11.6 Å². The number of carbonyl (C=O) groups is 1.